The van der Waals surface area contributed by atoms with E-state index in [4.69, 9.17) is 4.74 Å². The number of carbonyl (C=O) groups is 2. The highest BCUT2D eigenvalue weighted by Crippen LogP contribution is 2.25. The highest BCUT2D eigenvalue weighted by molar-refractivity contribution is 5.85. The lowest BCUT2D eigenvalue weighted by Gasteiger charge is -2.29. The number of aromatic nitrogens is 2. The first-order chi connectivity index (χ1) is 18.0. The summed E-state index contributed by atoms with van der Waals surface area (Å²) in [6, 6.07) is 13.0. The monoisotopic (exact) mass is 532 g/mol. The average molecular weight is 533 g/mol. The molecule has 2 heterocycles. The molecule has 3 rings (SSSR count). The molecule has 0 aliphatic carbocycles. The molecule has 3 N–H and O–H groups in total. The molecule has 0 saturated carbocycles. The van der Waals surface area contributed by atoms with Crippen molar-refractivity contribution in [2.45, 2.75) is 45.3 Å². The van der Waals surface area contributed by atoms with Gasteiger partial charge in [0.1, 0.15) is 18.8 Å². The maximum absolute atomic E-state index is 13.3. The average Bonchev–Trinajstić information content (AvgIpc) is 2.88. The van der Waals surface area contributed by atoms with Crippen LogP contribution >= 0.6 is 0 Å². The Balaban J connectivity index is 1.86. The molecule has 38 heavy (non-hydrogen) atoms. The molecule has 0 aliphatic rings. The second kappa shape index (κ2) is 12.4. The van der Waals surface area contributed by atoms with Crippen molar-refractivity contribution in [2.24, 2.45) is 5.92 Å². The van der Waals surface area contributed by atoms with Crippen LogP contribution in [0.2, 0.25) is 0 Å². The van der Waals surface area contributed by atoms with Crippen molar-refractivity contribution in [3.05, 3.63) is 82.9 Å². The number of carbonyl (C=O) groups excluding carboxylic acids is 2. The summed E-state index contributed by atoms with van der Waals surface area (Å²) in [6.07, 6.45) is -5.61. The van der Waals surface area contributed by atoms with Crippen LogP contribution in [0.5, 0.6) is 0 Å². The standard InChI is InChI=1S/C26H27F3N4O5/c1-16(2)22(23(35)26(27,28)29)32-21(34)14-33-20(18-6-4-3-5-7-18)9-8-19(24(33)36)31-25(37)38-15-17-10-12-30-13-11-17/h3-13,16,22-23,35H,14-15H2,1-2H3,(H,31,37)(H,32,34). The molecule has 0 spiro atoms. The summed E-state index contributed by atoms with van der Waals surface area (Å²) in [6.45, 7) is 2.09. The number of hydrogen-bond acceptors (Lipinski definition) is 6. The van der Waals surface area contributed by atoms with Gasteiger partial charge in [-0.3, -0.25) is 24.5 Å². The van der Waals surface area contributed by atoms with E-state index in [1.165, 1.54) is 38.4 Å². The Morgan fingerprint density at radius 2 is 1.71 bits per heavy atom. The van der Waals surface area contributed by atoms with Crippen LogP contribution in [-0.2, 0) is 22.7 Å². The Morgan fingerprint density at radius 3 is 2.32 bits per heavy atom. The predicted octanol–water partition coefficient (Wildman–Crippen LogP) is 3.72. The molecule has 2 unspecified atom stereocenters. The first kappa shape index (κ1) is 28.4. The van der Waals surface area contributed by atoms with Crippen molar-refractivity contribution >= 4 is 17.7 Å². The molecule has 0 saturated heterocycles. The highest BCUT2D eigenvalue weighted by atomic mass is 19.4. The van der Waals surface area contributed by atoms with Gasteiger partial charge in [-0.2, -0.15) is 13.2 Å². The molecule has 0 bridgehead atoms. The predicted molar refractivity (Wildman–Crippen MR) is 133 cm³/mol. The zero-order valence-electron chi connectivity index (χ0n) is 20.6. The van der Waals surface area contributed by atoms with Crippen LogP contribution in [0.25, 0.3) is 11.3 Å². The van der Waals surface area contributed by atoms with E-state index in [0.717, 1.165) is 4.57 Å². The fraction of sp³-hybridized carbons (Fsp3) is 0.308. The molecular formula is C26H27F3N4O5. The number of benzene rings is 1. The number of nitrogens with one attached hydrogen (secondary N) is 2. The summed E-state index contributed by atoms with van der Waals surface area (Å²) in [7, 11) is 0. The van der Waals surface area contributed by atoms with Gasteiger partial charge in [0.05, 0.1) is 11.7 Å². The maximum atomic E-state index is 13.3. The van der Waals surface area contributed by atoms with Crippen LogP contribution in [-0.4, -0.2) is 45.0 Å². The summed E-state index contributed by atoms with van der Waals surface area (Å²) in [5, 5.41) is 14.3. The fourth-order valence-electron chi connectivity index (χ4n) is 3.65. The van der Waals surface area contributed by atoms with E-state index in [1.54, 1.807) is 42.5 Å². The van der Waals surface area contributed by atoms with Gasteiger partial charge in [-0.1, -0.05) is 44.2 Å². The van der Waals surface area contributed by atoms with Crippen LogP contribution < -0.4 is 16.2 Å². The number of nitrogens with zero attached hydrogens (tertiary/aromatic N) is 2. The number of amides is 2. The van der Waals surface area contributed by atoms with Crippen molar-refractivity contribution in [2.75, 3.05) is 5.32 Å². The minimum absolute atomic E-state index is 0.0782. The van der Waals surface area contributed by atoms with Crippen LogP contribution in [0, 0.1) is 5.92 Å². The molecule has 0 fully saturated rings. The van der Waals surface area contributed by atoms with Crippen LogP contribution in [0.15, 0.2) is 71.8 Å². The van der Waals surface area contributed by atoms with Crippen molar-refractivity contribution in [3.8, 4) is 11.3 Å². The zero-order valence-corrected chi connectivity index (χ0v) is 20.6. The molecule has 2 atom stereocenters. The SMILES string of the molecule is CC(C)C(NC(=O)Cn1c(-c2ccccc2)ccc(NC(=O)OCc2ccncc2)c1=O)C(O)C(F)(F)F. The smallest absolute Gasteiger partial charge is 0.416 e. The minimum atomic E-state index is -4.95. The van der Waals surface area contributed by atoms with Crippen LogP contribution in [0.3, 0.4) is 0 Å². The summed E-state index contributed by atoms with van der Waals surface area (Å²) < 4.78 is 45.5. The number of pyridine rings is 2. The third kappa shape index (κ3) is 7.42. The molecule has 12 heteroatoms. The van der Waals surface area contributed by atoms with Crippen molar-refractivity contribution in [1.82, 2.24) is 14.9 Å². The first-order valence-corrected chi connectivity index (χ1v) is 11.6. The number of aliphatic hydroxyl groups excluding tert-OH is 1. The van der Waals surface area contributed by atoms with Gasteiger partial charge < -0.3 is 15.2 Å². The largest absolute Gasteiger partial charge is 0.444 e. The number of alkyl halides is 3. The highest BCUT2D eigenvalue weighted by Gasteiger charge is 2.45. The second-order valence-electron chi connectivity index (χ2n) is 8.77. The first-order valence-electron chi connectivity index (χ1n) is 11.6. The molecule has 2 aromatic heterocycles. The summed E-state index contributed by atoms with van der Waals surface area (Å²) in [5.41, 5.74) is 0.538. The van der Waals surface area contributed by atoms with E-state index in [9.17, 15) is 32.7 Å². The van der Waals surface area contributed by atoms with E-state index >= 15 is 0 Å². The van der Waals surface area contributed by atoms with Gasteiger partial charge in [0.25, 0.3) is 5.56 Å². The van der Waals surface area contributed by atoms with Gasteiger partial charge in [-0.15, -0.1) is 0 Å². The normalized spacial score (nSPS) is 13.0. The zero-order chi connectivity index (χ0) is 27.9. The molecule has 1 aromatic carbocycles. The van der Waals surface area contributed by atoms with Crippen molar-refractivity contribution in [3.63, 3.8) is 0 Å². The number of anilines is 1. The second-order valence-corrected chi connectivity index (χ2v) is 8.77. The minimum Gasteiger partial charge on any atom is -0.444 e. The van der Waals surface area contributed by atoms with Gasteiger partial charge in [0.15, 0.2) is 6.10 Å². The van der Waals surface area contributed by atoms with E-state index in [0.29, 0.717) is 16.8 Å². The maximum Gasteiger partial charge on any atom is 0.416 e. The number of hydrogen-bond donors (Lipinski definition) is 3. The van der Waals surface area contributed by atoms with E-state index < -0.39 is 48.3 Å². The quantitative estimate of drug-likeness (QED) is 0.386. The van der Waals surface area contributed by atoms with E-state index in [1.807, 2.05) is 0 Å². The van der Waals surface area contributed by atoms with Gasteiger partial charge >= 0.3 is 12.3 Å². The van der Waals surface area contributed by atoms with Gasteiger partial charge in [-0.05, 0) is 41.3 Å². The van der Waals surface area contributed by atoms with Gasteiger partial charge in [-0.25, -0.2) is 4.79 Å². The third-order valence-corrected chi connectivity index (χ3v) is 5.62. The molecular weight excluding hydrogens is 505 g/mol. The molecule has 0 radical (unpaired) electrons. The Bertz CT molecular complexity index is 1300. The summed E-state index contributed by atoms with van der Waals surface area (Å²) >= 11 is 0. The van der Waals surface area contributed by atoms with Crippen LogP contribution in [0.4, 0.5) is 23.7 Å². The number of rotatable bonds is 9. The van der Waals surface area contributed by atoms with Gasteiger partial charge in [0, 0.05) is 12.4 Å². The van der Waals surface area contributed by atoms with Gasteiger partial charge in [0.2, 0.25) is 5.91 Å². The Morgan fingerprint density at radius 1 is 1.05 bits per heavy atom. The van der Waals surface area contributed by atoms with Crippen molar-refractivity contribution < 1.29 is 32.6 Å². The third-order valence-electron chi connectivity index (χ3n) is 5.62. The molecule has 3 aromatic rings. The number of aliphatic hydroxyl groups is 1. The Labute approximate surface area is 216 Å². The summed E-state index contributed by atoms with van der Waals surface area (Å²) in [4.78, 5) is 42.3. The molecule has 0 aliphatic heterocycles. The molecule has 2 amide bonds. The molecule has 9 nitrogen and oxygen atoms in total. The fourth-order valence-corrected chi connectivity index (χ4v) is 3.65. The summed E-state index contributed by atoms with van der Waals surface area (Å²) in [5.74, 6) is -1.69. The van der Waals surface area contributed by atoms with Crippen molar-refractivity contribution in [1.29, 1.82) is 0 Å². The Kier molecular flexibility index (Phi) is 9.24. The number of ether oxygens (including phenoxy) is 1. The molecule has 202 valence electrons. The lowest BCUT2D eigenvalue weighted by Crippen LogP contribution is -2.53. The van der Waals surface area contributed by atoms with Crippen LogP contribution in [0.1, 0.15) is 19.4 Å². The van der Waals surface area contributed by atoms with E-state index in [-0.39, 0.29) is 12.3 Å². The lowest BCUT2D eigenvalue weighted by molar-refractivity contribution is -0.215. The topological polar surface area (TPSA) is 123 Å². The Hall–Kier alpha value is -4.19. The number of halogens is 3. The van der Waals surface area contributed by atoms with E-state index in [2.05, 4.69) is 15.6 Å². The lowest BCUT2D eigenvalue weighted by atomic mass is 9.98.